The van der Waals surface area contributed by atoms with Gasteiger partial charge >= 0.3 is 0 Å². The van der Waals surface area contributed by atoms with Crippen LogP contribution in [0.3, 0.4) is 0 Å². The number of nitrogen functional groups attached to an aromatic ring is 1. The Morgan fingerprint density at radius 2 is 1.86 bits per heavy atom. The third kappa shape index (κ3) is 3.14. The first-order valence-electron chi connectivity index (χ1n) is 9.72. The summed E-state index contributed by atoms with van der Waals surface area (Å²) in [5.41, 5.74) is 4.24. The Labute approximate surface area is 167 Å². The highest BCUT2D eigenvalue weighted by molar-refractivity contribution is 6.74. The van der Waals surface area contributed by atoms with E-state index in [9.17, 15) is 10.2 Å². The fraction of sp³-hybridized carbons (Fsp3) is 0.737. The van der Waals surface area contributed by atoms with E-state index in [4.69, 9.17) is 10.2 Å². The van der Waals surface area contributed by atoms with Crippen molar-refractivity contribution in [3.8, 4) is 0 Å². The lowest BCUT2D eigenvalue weighted by Gasteiger charge is -2.41. The lowest BCUT2D eigenvalue weighted by atomic mass is 9.83. The zero-order valence-corrected chi connectivity index (χ0v) is 18.9. The number of hydrogen-bond donors (Lipinski definition) is 3. The van der Waals surface area contributed by atoms with Gasteiger partial charge < -0.3 is 24.9 Å². The molecule has 0 spiro atoms. The van der Waals surface area contributed by atoms with Gasteiger partial charge in [-0.3, -0.25) is 0 Å². The van der Waals surface area contributed by atoms with Crippen LogP contribution in [0.4, 0.5) is 5.82 Å². The maximum Gasteiger partial charge on any atom is 0.191 e. The summed E-state index contributed by atoms with van der Waals surface area (Å²) in [5.74, 6) is 0.0734. The molecule has 2 aromatic rings. The van der Waals surface area contributed by atoms with Crippen molar-refractivity contribution in [2.75, 3.05) is 12.3 Å². The van der Waals surface area contributed by atoms with Crippen LogP contribution >= 0.6 is 0 Å². The molecule has 0 saturated heterocycles. The molecule has 1 aliphatic rings. The van der Waals surface area contributed by atoms with E-state index in [0.717, 1.165) is 0 Å². The summed E-state index contributed by atoms with van der Waals surface area (Å²) >= 11 is 0. The molecule has 0 aliphatic heterocycles. The molecule has 0 aromatic carbocycles. The van der Waals surface area contributed by atoms with Crippen LogP contribution in [0, 0.1) is 5.92 Å². The number of aromatic nitrogens is 4. The van der Waals surface area contributed by atoms with E-state index in [2.05, 4.69) is 48.8 Å². The average Bonchev–Trinajstić information content (AvgIpc) is 3.04. The Morgan fingerprint density at radius 1 is 1.21 bits per heavy atom. The number of hydrogen-bond acceptors (Lipinski definition) is 7. The van der Waals surface area contributed by atoms with Crippen LogP contribution in [-0.4, -0.2) is 55.9 Å². The summed E-state index contributed by atoms with van der Waals surface area (Å²) in [6.07, 6.45) is 3.54. The second-order valence-corrected chi connectivity index (χ2v) is 14.7. The van der Waals surface area contributed by atoms with Crippen LogP contribution in [0.5, 0.6) is 0 Å². The summed E-state index contributed by atoms with van der Waals surface area (Å²) in [6, 6.07) is -0.408. The van der Waals surface area contributed by atoms with Gasteiger partial charge in [0.1, 0.15) is 17.4 Å². The minimum atomic E-state index is -1.97. The first-order chi connectivity index (χ1) is 12.7. The molecule has 8 nitrogen and oxygen atoms in total. The van der Waals surface area contributed by atoms with Gasteiger partial charge in [0.25, 0.3) is 0 Å². The molecule has 4 atom stereocenters. The van der Waals surface area contributed by atoms with E-state index in [1.807, 2.05) is 0 Å². The van der Waals surface area contributed by atoms with Crippen molar-refractivity contribution in [2.24, 2.45) is 5.92 Å². The van der Waals surface area contributed by atoms with E-state index in [1.54, 1.807) is 24.7 Å². The molecule has 0 amide bonds. The molecule has 1 saturated carbocycles. The second-order valence-electron chi connectivity index (χ2n) is 9.90. The number of aliphatic hydroxyl groups is 2. The van der Waals surface area contributed by atoms with E-state index in [1.165, 1.54) is 6.33 Å². The molecule has 2 aromatic heterocycles. The highest BCUT2D eigenvalue weighted by Gasteiger charge is 2.60. The van der Waals surface area contributed by atoms with E-state index in [0.29, 0.717) is 30.0 Å². The van der Waals surface area contributed by atoms with Crippen LogP contribution in [0.15, 0.2) is 12.7 Å². The number of nitrogens with two attached hydrogens (primary N) is 1. The van der Waals surface area contributed by atoms with Gasteiger partial charge in [0, 0.05) is 12.5 Å². The summed E-state index contributed by atoms with van der Waals surface area (Å²) in [4.78, 5) is 12.6. The van der Waals surface area contributed by atoms with E-state index < -0.39 is 25.6 Å². The second kappa shape index (κ2) is 6.48. The Morgan fingerprint density at radius 3 is 2.46 bits per heavy atom. The lowest BCUT2D eigenvalue weighted by molar-refractivity contribution is -0.145. The van der Waals surface area contributed by atoms with Crippen molar-refractivity contribution in [2.45, 2.75) is 76.4 Å². The summed E-state index contributed by atoms with van der Waals surface area (Å²) in [7, 11) is -1.97. The predicted molar refractivity (Wildman–Crippen MR) is 111 cm³/mol. The lowest BCUT2D eigenvalue weighted by Crippen LogP contribution is -2.53. The van der Waals surface area contributed by atoms with E-state index in [-0.39, 0.29) is 11.0 Å². The molecule has 0 unspecified atom stereocenters. The van der Waals surface area contributed by atoms with Crippen molar-refractivity contribution in [3.05, 3.63) is 12.7 Å². The summed E-state index contributed by atoms with van der Waals surface area (Å²) in [5, 5.41) is 22.7. The predicted octanol–water partition coefficient (Wildman–Crippen LogP) is 2.49. The highest BCUT2D eigenvalue weighted by Crippen LogP contribution is 2.51. The first-order valence-corrected chi connectivity index (χ1v) is 12.6. The van der Waals surface area contributed by atoms with Gasteiger partial charge in [-0.2, -0.15) is 0 Å². The molecule has 3 rings (SSSR count). The van der Waals surface area contributed by atoms with E-state index >= 15 is 0 Å². The molecular weight excluding hydrogens is 374 g/mol. The third-order valence-corrected chi connectivity index (χ3v) is 11.7. The van der Waals surface area contributed by atoms with Crippen molar-refractivity contribution >= 4 is 25.3 Å². The standard InChI is InChI=1S/C19H33N5O3Si/c1-17(2,3)28(6,7)27-9-12-8-13(19(5,26)18(12,4)25)24-11-23-14-15(20)21-10-22-16(14)24/h10-13,25-26H,8-9H2,1-7H3,(H2,20,21,22)/t12-,13-,18-,19+/m1/s1. The Balaban J connectivity index is 1.92. The van der Waals surface area contributed by atoms with Gasteiger partial charge in [-0.15, -0.1) is 0 Å². The molecule has 1 aliphatic carbocycles. The Kier molecular flexibility index (Phi) is 4.90. The number of anilines is 1. The third-order valence-electron chi connectivity index (χ3n) is 7.15. The first kappa shape index (κ1) is 21.2. The molecule has 4 N–H and O–H groups in total. The van der Waals surface area contributed by atoms with Crippen LogP contribution < -0.4 is 5.73 Å². The van der Waals surface area contributed by atoms with Gasteiger partial charge in [0.2, 0.25) is 0 Å². The molecule has 0 radical (unpaired) electrons. The molecular formula is C19H33N5O3Si. The molecule has 1 fully saturated rings. The van der Waals surface area contributed by atoms with Crippen LogP contribution in [0.1, 0.15) is 47.1 Å². The van der Waals surface area contributed by atoms with Crippen molar-refractivity contribution in [1.29, 1.82) is 0 Å². The zero-order valence-electron chi connectivity index (χ0n) is 17.9. The summed E-state index contributed by atoms with van der Waals surface area (Å²) in [6.45, 7) is 14.7. The van der Waals surface area contributed by atoms with Crippen molar-refractivity contribution in [3.63, 3.8) is 0 Å². The minimum Gasteiger partial charge on any atom is -0.416 e. The number of rotatable bonds is 4. The monoisotopic (exact) mass is 407 g/mol. The fourth-order valence-electron chi connectivity index (χ4n) is 3.72. The van der Waals surface area contributed by atoms with Gasteiger partial charge in [-0.1, -0.05) is 20.8 Å². The maximum absolute atomic E-state index is 11.3. The molecule has 0 bridgehead atoms. The van der Waals surface area contributed by atoms with Crippen LogP contribution in [-0.2, 0) is 4.43 Å². The fourth-order valence-corrected chi connectivity index (χ4v) is 4.77. The molecule has 156 valence electrons. The van der Waals surface area contributed by atoms with Gasteiger partial charge in [0.05, 0.1) is 18.0 Å². The van der Waals surface area contributed by atoms with Gasteiger partial charge in [-0.05, 0) is 38.4 Å². The minimum absolute atomic E-state index is 0.0778. The Hall–Kier alpha value is -1.55. The smallest absolute Gasteiger partial charge is 0.191 e. The zero-order chi connectivity index (χ0) is 21.1. The number of nitrogens with zero attached hydrogens (tertiary/aromatic N) is 4. The molecule has 28 heavy (non-hydrogen) atoms. The normalized spacial score (nSPS) is 31.6. The highest BCUT2D eigenvalue weighted by atomic mass is 28.4. The topological polar surface area (TPSA) is 119 Å². The number of fused-ring (bicyclic) bond motifs is 1. The SMILES string of the molecule is CC(C)(C)[Si](C)(C)OC[C@H]1C[C@@H](n2cnc3c(N)ncnc32)[C@](C)(O)[C@]1(C)O. The average molecular weight is 408 g/mol. The van der Waals surface area contributed by atoms with Crippen molar-refractivity contribution in [1.82, 2.24) is 19.5 Å². The number of imidazole rings is 1. The quantitative estimate of drug-likeness (QED) is 0.666. The van der Waals surface area contributed by atoms with Crippen LogP contribution in [0.25, 0.3) is 11.2 Å². The largest absolute Gasteiger partial charge is 0.416 e. The molecule has 2 heterocycles. The van der Waals surface area contributed by atoms with Gasteiger partial charge in [-0.25, -0.2) is 15.0 Å². The summed E-state index contributed by atoms with van der Waals surface area (Å²) < 4.78 is 8.18. The Bertz CT molecular complexity index is 872. The molecule has 9 heteroatoms. The van der Waals surface area contributed by atoms with Crippen LogP contribution in [0.2, 0.25) is 18.1 Å². The van der Waals surface area contributed by atoms with Crippen molar-refractivity contribution < 1.29 is 14.6 Å². The van der Waals surface area contributed by atoms with Gasteiger partial charge in [0.15, 0.2) is 19.8 Å². The maximum atomic E-state index is 11.3.